The Labute approximate surface area is 97.1 Å². The Morgan fingerprint density at radius 2 is 1.88 bits per heavy atom. The molecule has 88 valence electrons. The molecule has 3 heteroatoms. The first kappa shape index (κ1) is 11.4. The van der Waals surface area contributed by atoms with E-state index in [1.807, 2.05) is 19.1 Å². The van der Waals surface area contributed by atoms with Gasteiger partial charge in [0.2, 0.25) is 0 Å². The van der Waals surface area contributed by atoms with E-state index in [4.69, 9.17) is 0 Å². The highest BCUT2D eigenvalue weighted by molar-refractivity contribution is 5.48. The van der Waals surface area contributed by atoms with Crippen LogP contribution >= 0.6 is 0 Å². The molecule has 2 rings (SSSR count). The molecule has 0 amide bonds. The SMILES string of the molecule is CC[C@H](O)c1ccc(N2CCNCC2)cc1. The Kier molecular flexibility index (Phi) is 3.80. The lowest BCUT2D eigenvalue weighted by Gasteiger charge is -2.29. The summed E-state index contributed by atoms with van der Waals surface area (Å²) in [5, 5.41) is 13.0. The Morgan fingerprint density at radius 3 is 2.44 bits per heavy atom. The van der Waals surface area contributed by atoms with E-state index in [9.17, 15) is 5.11 Å². The molecule has 1 saturated heterocycles. The molecule has 0 bridgehead atoms. The molecule has 1 aliphatic rings. The standard InChI is InChI=1S/C13H20N2O/c1-2-13(16)11-3-5-12(6-4-11)15-9-7-14-8-10-15/h3-6,13-14,16H,2,7-10H2,1H3/t13-/m0/s1. The molecule has 0 spiro atoms. The number of rotatable bonds is 3. The Bertz CT molecular complexity index is 317. The molecule has 0 saturated carbocycles. The number of aliphatic hydroxyl groups excluding tert-OH is 1. The topological polar surface area (TPSA) is 35.5 Å². The van der Waals surface area contributed by atoms with Crippen molar-refractivity contribution < 1.29 is 5.11 Å². The summed E-state index contributed by atoms with van der Waals surface area (Å²) in [7, 11) is 0. The van der Waals surface area contributed by atoms with Crippen molar-refractivity contribution in [3.8, 4) is 0 Å². The van der Waals surface area contributed by atoms with Crippen LogP contribution in [0.4, 0.5) is 5.69 Å². The van der Waals surface area contributed by atoms with Gasteiger partial charge in [-0.05, 0) is 24.1 Å². The molecule has 2 N–H and O–H groups in total. The fourth-order valence-corrected chi connectivity index (χ4v) is 2.07. The normalized spacial score (nSPS) is 18.5. The Hall–Kier alpha value is -1.06. The number of benzene rings is 1. The summed E-state index contributed by atoms with van der Waals surface area (Å²) in [6.07, 6.45) is 0.449. The second kappa shape index (κ2) is 5.32. The lowest BCUT2D eigenvalue weighted by Crippen LogP contribution is -2.43. The molecule has 1 aromatic rings. The highest BCUT2D eigenvalue weighted by atomic mass is 16.3. The predicted molar refractivity (Wildman–Crippen MR) is 66.8 cm³/mol. The summed E-state index contributed by atoms with van der Waals surface area (Å²) in [5.74, 6) is 0. The van der Waals surface area contributed by atoms with E-state index < -0.39 is 0 Å². The maximum Gasteiger partial charge on any atom is 0.0787 e. The summed E-state index contributed by atoms with van der Waals surface area (Å²) in [4.78, 5) is 2.37. The summed E-state index contributed by atoms with van der Waals surface area (Å²) < 4.78 is 0. The summed E-state index contributed by atoms with van der Waals surface area (Å²) in [6, 6.07) is 8.29. The molecule has 0 aliphatic carbocycles. The maximum absolute atomic E-state index is 9.71. The minimum absolute atomic E-state index is 0.322. The van der Waals surface area contributed by atoms with E-state index in [0.717, 1.165) is 38.2 Å². The van der Waals surface area contributed by atoms with E-state index >= 15 is 0 Å². The van der Waals surface area contributed by atoms with Crippen molar-refractivity contribution in [2.45, 2.75) is 19.4 Å². The minimum Gasteiger partial charge on any atom is -0.388 e. The first-order valence-corrected chi connectivity index (χ1v) is 6.05. The molecule has 0 radical (unpaired) electrons. The predicted octanol–water partition coefficient (Wildman–Crippen LogP) is 1.54. The van der Waals surface area contributed by atoms with E-state index in [0.29, 0.717) is 0 Å². The molecule has 3 nitrogen and oxygen atoms in total. The number of aliphatic hydroxyl groups is 1. The van der Waals surface area contributed by atoms with Crippen molar-refractivity contribution in [2.75, 3.05) is 31.1 Å². The molecular weight excluding hydrogens is 200 g/mol. The van der Waals surface area contributed by atoms with Crippen molar-refractivity contribution in [2.24, 2.45) is 0 Å². The molecule has 1 aromatic carbocycles. The van der Waals surface area contributed by atoms with E-state index in [2.05, 4.69) is 22.3 Å². The second-order valence-corrected chi connectivity index (χ2v) is 4.25. The van der Waals surface area contributed by atoms with Crippen LogP contribution in [-0.2, 0) is 0 Å². The zero-order valence-electron chi connectivity index (χ0n) is 9.82. The number of nitrogens with one attached hydrogen (secondary N) is 1. The maximum atomic E-state index is 9.71. The van der Waals surface area contributed by atoms with Crippen molar-refractivity contribution >= 4 is 5.69 Å². The average Bonchev–Trinajstić information content (AvgIpc) is 2.39. The average molecular weight is 220 g/mol. The monoisotopic (exact) mass is 220 g/mol. The van der Waals surface area contributed by atoms with Crippen LogP contribution in [0.15, 0.2) is 24.3 Å². The van der Waals surface area contributed by atoms with Gasteiger partial charge in [0.05, 0.1) is 6.10 Å². The molecular formula is C13H20N2O. The fourth-order valence-electron chi connectivity index (χ4n) is 2.07. The van der Waals surface area contributed by atoms with Crippen LogP contribution in [0.25, 0.3) is 0 Å². The van der Waals surface area contributed by atoms with Crippen molar-refractivity contribution in [3.05, 3.63) is 29.8 Å². The lowest BCUT2D eigenvalue weighted by molar-refractivity contribution is 0.173. The summed E-state index contributed by atoms with van der Waals surface area (Å²) in [5.41, 5.74) is 2.27. The van der Waals surface area contributed by atoms with Crippen LogP contribution < -0.4 is 10.2 Å². The molecule has 1 atom stereocenters. The third-order valence-corrected chi connectivity index (χ3v) is 3.15. The Balaban J connectivity index is 2.06. The van der Waals surface area contributed by atoms with Gasteiger partial charge in [-0.3, -0.25) is 0 Å². The van der Waals surface area contributed by atoms with Gasteiger partial charge in [0.25, 0.3) is 0 Å². The summed E-state index contributed by atoms with van der Waals surface area (Å²) in [6.45, 7) is 6.24. The van der Waals surface area contributed by atoms with E-state index in [1.54, 1.807) is 0 Å². The number of hydrogen-bond acceptors (Lipinski definition) is 3. The number of nitrogens with zero attached hydrogens (tertiary/aromatic N) is 1. The van der Waals surface area contributed by atoms with Gasteiger partial charge >= 0.3 is 0 Å². The quantitative estimate of drug-likeness (QED) is 0.811. The van der Waals surface area contributed by atoms with Gasteiger partial charge in [-0.25, -0.2) is 0 Å². The number of anilines is 1. The third-order valence-electron chi connectivity index (χ3n) is 3.15. The van der Waals surface area contributed by atoms with Crippen LogP contribution in [0.2, 0.25) is 0 Å². The van der Waals surface area contributed by atoms with Gasteiger partial charge in [0.1, 0.15) is 0 Å². The Morgan fingerprint density at radius 1 is 1.25 bits per heavy atom. The number of piperazine rings is 1. The highest BCUT2D eigenvalue weighted by Crippen LogP contribution is 2.21. The zero-order valence-corrected chi connectivity index (χ0v) is 9.82. The van der Waals surface area contributed by atoms with Gasteiger partial charge in [-0.2, -0.15) is 0 Å². The van der Waals surface area contributed by atoms with Gasteiger partial charge in [0, 0.05) is 31.9 Å². The molecule has 1 fully saturated rings. The molecule has 1 heterocycles. The van der Waals surface area contributed by atoms with Crippen LogP contribution in [0.3, 0.4) is 0 Å². The van der Waals surface area contributed by atoms with Crippen LogP contribution in [0.1, 0.15) is 25.0 Å². The largest absolute Gasteiger partial charge is 0.388 e. The van der Waals surface area contributed by atoms with Crippen molar-refractivity contribution in [1.82, 2.24) is 5.32 Å². The van der Waals surface area contributed by atoms with Gasteiger partial charge in [0.15, 0.2) is 0 Å². The lowest BCUT2D eigenvalue weighted by atomic mass is 10.1. The second-order valence-electron chi connectivity index (χ2n) is 4.25. The minimum atomic E-state index is -0.322. The van der Waals surface area contributed by atoms with Crippen LogP contribution in [-0.4, -0.2) is 31.3 Å². The smallest absolute Gasteiger partial charge is 0.0787 e. The van der Waals surface area contributed by atoms with Gasteiger partial charge < -0.3 is 15.3 Å². The summed E-state index contributed by atoms with van der Waals surface area (Å²) >= 11 is 0. The van der Waals surface area contributed by atoms with E-state index in [-0.39, 0.29) is 6.10 Å². The van der Waals surface area contributed by atoms with Gasteiger partial charge in [-0.15, -0.1) is 0 Å². The van der Waals surface area contributed by atoms with Crippen molar-refractivity contribution in [3.63, 3.8) is 0 Å². The molecule has 16 heavy (non-hydrogen) atoms. The highest BCUT2D eigenvalue weighted by Gasteiger charge is 2.11. The first-order chi connectivity index (χ1) is 7.81. The fraction of sp³-hybridized carbons (Fsp3) is 0.538. The molecule has 1 aliphatic heterocycles. The zero-order chi connectivity index (χ0) is 11.4. The first-order valence-electron chi connectivity index (χ1n) is 6.05. The molecule has 0 aromatic heterocycles. The van der Waals surface area contributed by atoms with Crippen LogP contribution in [0, 0.1) is 0 Å². The van der Waals surface area contributed by atoms with Crippen molar-refractivity contribution in [1.29, 1.82) is 0 Å². The molecule has 0 unspecified atom stereocenters. The number of hydrogen-bond donors (Lipinski definition) is 2. The third kappa shape index (κ3) is 2.54. The van der Waals surface area contributed by atoms with Crippen LogP contribution in [0.5, 0.6) is 0 Å². The van der Waals surface area contributed by atoms with Gasteiger partial charge in [-0.1, -0.05) is 19.1 Å². The van der Waals surface area contributed by atoms with E-state index in [1.165, 1.54) is 5.69 Å².